The van der Waals surface area contributed by atoms with E-state index in [4.69, 9.17) is 4.42 Å². The average Bonchev–Trinajstić information content (AvgIpc) is 3.14. The molecule has 3 heterocycles. The van der Waals surface area contributed by atoms with Crippen LogP contribution < -0.4 is 0 Å². The first-order valence-electron chi connectivity index (χ1n) is 7.48. The molecular weight excluding hydrogens is 322 g/mol. The molecule has 5 nitrogen and oxygen atoms in total. The topological polar surface area (TPSA) is 59.2 Å². The SMILES string of the molecule is CSc1ncccc1C(=O)N(Cc1ccccn1)Cc1ccco1. The Labute approximate surface area is 144 Å². The van der Waals surface area contributed by atoms with E-state index in [1.807, 2.05) is 36.6 Å². The first-order valence-corrected chi connectivity index (χ1v) is 8.71. The van der Waals surface area contributed by atoms with Crippen molar-refractivity contribution in [2.24, 2.45) is 0 Å². The van der Waals surface area contributed by atoms with E-state index in [-0.39, 0.29) is 5.91 Å². The molecule has 0 spiro atoms. The van der Waals surface area contributed by atoms with Crippen molar-refractivity contribution in [1.29, 1.82) is 0 Å². The van der Waals surface area contributed by atoms with Crippen molar-refractivity contribution < 1.29 is 9.21 Å². The van der Waals surface area contributed by atoms with Crippen molar-refractivity contribution in [3.05, 3.63) is 78.1 Å². The lowest BCUT2D eigenvalue weighted by Gasteiger charge is -2.22. The van der Waals surface area contributed by atoms with Crippen molar-refractivity contribution in [3.8, 4) is 0 Å². The normalized spacial score (nSPS) is 10.5. The second-order valence-electron chi connectivity index (χ2n) is 5.12. The van der Waals surface area contributed by atoms with Gasteiger partial charge in [0.1, 0.15) is 10.8 Å². The second kappa shape index (κ2) is 7.79. The summed E-state index contributed by atoms with van der Waals surface area (Å²) in [5.74, 6) is 0.642. The van der Waals surface area contributed by atoms with Crippen LogP contribution in [0.1, 0.15) is 21.8 Å². The molecule has 0 aliphatic rings. The van der Waals surface area contributed by atoms with Gasteiger partial charge in [0.25, 0.3) is 5.91 Å². The third kappa shape index (κ3) is 3.83. The molecule has 0 aliphatic carbocycles. The zero-order valence-electron chi connectivity index (χ0n) is 13.3. The smallest absolute Gasteiger partial charge is 0.257 e. The molecule has 3 aromatic rings. The van der Waals surface area contributed by atoms with Crippen LogP contribution in [0.15, 0.2) is 70.6 Å². The molecule has 3 rings (SSSR count). The van der Waals surface area contributed by atoms with Crippen molar-refractivity contribution in [2.75, 3.05) is 6.26 Å². The zero-order chi connectivity index (χ0) is 16.8. The van der Waals surface area contributed by atoms with Gasteiger partial charge in [0.15, 0.2) is 0 Å². The molecule has 0 unspecified atom stereocenters. The third-order valence-electron chi connectivity index (χ3n) is 3.49. The van der Waals surface area contributed by atoms with Crippen LogP contribution in [0, 0.1) is 0 Å². The molecule has 0 aromatic carbocycles. The third-order valence-corrected chi connectivity index (χ3v) is 4.20. The highest BCUT2D eigenvalue weighted by Crippen LogP contribution is 2.21. The maximum Gasteiger partial charge on any atom is 0.257 e. The Morgan fingerprint density at radius 3 is 2.67 bits per heavy atom. The number of pyridine rings is 2. The summed E-state index contributed by atoms with van der Waals surface area (Å²) in [4.78, 5) is 23.4. The van der Waals surface area contributed by atoms with E-state index in [2.05, 4.69) is 9.97 Å². The van der Waals surface area contributed by atoms with Gasteiger partial charge in [-0.3, -0.25) is 9.78 Å². The minimum Gasteiger partial charge on any atom is -0.467 e. The van der Waals surface area contributed by atoms with Gasteiger partial charge in [0.05, 0.1) is 30.6 Å². The Kier molecular flexibility index (Phi) is 5.28. The number of thioether (sulfide) groups is 1. The maximum absolute atomic E-state index is 13.1. The molecule has 24 heavy (non-hydrogen) atoms. The first-order chi connectivity index (χ1) is 11.8. The molecule has 1 amide bonds. The summed E-state index contributed by atoms with van der Waals surface area (Å²) in [6.07, 6.45) is 6.94. The minimum absolute atomic E-state index is 0.0884. The lowest BCUT2D eigenvalue weighted by molar-refractivity contribution is 0.0711. The highest BCUT2D eigenvalue weighted by atomic mass is 32.2. The fraction of sp³-hybridized carbons (Fsp3) is 0.167. The predicted octanol–water partition coefficient (Wildman–Crippen LogP) is 3.63. The number of furan rings is 1. The van der Waals surface area contributed by atoms with Gasteiger partial charge in [0, 0.05) is 12.4 Å². The van der Waals surface area contributed by atoms with Crippen molar-refractivity contribution in [2.45, 2.75) is 18.1 Å². The van der Waals surface area contributed by atoms with Crippen LogP contribution in [0.2, 0.25) is 0 Å². The number of hydrogen-bond acceptors (Lipinski definition) is 5. The summed E-state index contributed by atoms with van der Waals surface area (Å²) in [5, 5.41) is 0.716. The Morgan fingerprint density at radius 2 is 1.96 bits per heavy atom. The van der Waals surface area contributed by atoms with E-state index in [9.17, 15) is 4.79 Å². The Bertz CT molecular complexity index is 791. The minimum atomic E-state index is -0.0884. The summed E-state index contributed by atoms with van der Waals surface area (Å²) in [5.41, 5.74) is 1.42. The Hall–Kier alpha value is -2.60. The van der Waals surface area contributed by atoms with Crippen LogP contribution >= 0.6 is 11.8 Å². The number of carbonyl (C=O) groups excluding carboxylic acids is 1. The molecule has 0 saturated heterocycles. The molecule has 0 aliphatic heterocycles. The molecule has 0 atom stereocenters. The molecule has 0 N–H and O–H groups in total. The Morgan fingerprint density at radius 1 is 1.08 bits per heavy atom. The van der Waals surface area contributed by atoms with E-state index in [0.29, 0.717) is 23.7 Å². The van der Waals surface area contributed by atoms with E-state index < -0.39 is 0 Å². The van der Waals surface area contributed by atoms with Gasteiger partial charge in [-0.1, -0.05) is 6.07 Å². The Balaban J connectivity index is 1.89. The van der Waals surface area contributed by atoms with Gasteiger partial charge in [0.2, 0.25) is 0 Å². The largest absolute Gasteiger partial charge is 0.467 e. The zero-order valence-corrected chi connectivity index (χ0v) is 14.1. The highest BCUT2D eigenvalue weighted by molar-refractivity contribution is 7.98. The lowest BCUT2D eigenvalue weighted by atomic mass is 10.2. The number of aromatic nitrogens is 2. The molecule has 0 radical (unpaired) electrons. The van der Waals surface area contributed by atoms with E-state index in [0.717, 1.165) is 11.5 Å². The number of amides is 1. The summed E-state index contributed by atoms with van der Waals surface area (Å²) in [7, 11) is 0. The maximum atomic E-state index is 13.1. The van der Waals surface area contributed by atoms with Crippen molar-refractivity contribution in [1.82, 2.24) is 14.9 Å². The van der Waals surface area contributed by atoms with Gasteiger partial charge in [-0.2, -0.15) is 0 Å². The number of carbonyl (C=O) groups is 1. The molecule has 0 bridgehead atoms. The van der Waals surface area contributed by atoms with Crippen LogP contribution in [0.4, 0.5) is 0 Å². The van der Waals surface area contributed by atoms with E-state index in [1.165, 1.54) is 11.8 Å². The summed E-state index contributed by atoms with van der Waals surface area (Å²) >= 11 is 1.46. The van der Waals surface area contributed by atoms with Crippen molar-refractivity contribution in [3.63, 3.8) is 0 Å². The van der Waals surface area contributed by atoms with Crippen LogP contribution in [0.25, 0.3) is 0 Å². The van der Waals surface area contributed by atoms with Gasteiger partial charge in [-0.15, -0.1) is 11.8 Å². The molecular formula is C18H17N3O2S. The second-order valence-corrected chi connectivity index (χ2v) is 5.92. The number of hydrogen-bond donors (Lipinski definition) is 0. The fourth-order valence-electron chi connectivity index (χ4n) is 2.36. The van der Waals surface area contributed by atoms with Gasteiger partial charge >= 0.3 is 0 Å². The quantitative estimate of drug-likeness (QED) is 0.642. The number of rotatable bonds is 6. The molecule has 3 aromatic heterocycles. The number of nitrogens with zero attached hydrogens (tertiary/aromatic N) is 3. The van der Waals surface area contributed by atoms with Crippen LogP contribution in [0.5, 0.6) is 0 Å². The molecule has 122 valence electrons. The first kappa shape index (κ1) is 16.3. The van der Waals surface area contributed by atoms with Gasteiger partial charge in [-0.25, -0.2) is 4.98 Å². The summed E-state index contributed by atoms with van der Waals surface area (Å²) < 4.78 is 5.41. The van der Waals surface area contributed by atoms with Crippen LogP contribution in [-0.4, -0.2) is 27.0 Å². The monoisotopic (exact) mass is 339 g/mol. The highest BCUT2D eigenvalue weighted by Gasteiger charge is 2.21. The fourth-order valence-corrected chi connectivity index (χ4v) is 2.91. The lowest BCUT2D eigenvalue weighted by Crippen LogP contribution is -2.30. The van der Waals surface area contributed by atoms with Gasteiger partial charge in [-0.05, 0) is 42.7 Å². The van der Waals surface area contributed by atoms with Crippen molar-refractivity contribution >= 4 is 17.7 Å². The summed E-state index contributed by atoms with van der Waals surface area (Å²) in [6.45, 7) is 0.786. The summed E-state index contributed by atoms with van der Waals surface area (Å²) in [6, 6.07) is 12.9. The van der Waals surface area contributed by atoms with Crippen LogP contribution in [0.3, 0.4) is 0 Å². The van der Waals surface area contributed by atoms with E-state index >= 15 is 0 Å². The molecule has 6 heteroatoms. The predicted molar refractivity (Wildman–Crippen MR) is 92.5 cm³/mol. The van der Waals surface area contributed by atoms with Gasteiger partial charge < -0.3 is 9.32 Å². The standard InChI is InChI=1S/C18H17N3O2S/c1-24-17-16(8-4-10-20-17)18(22)21(13-15-7-5-11-23-15)12-14-6-2-3-9-19-14/h2-11H,12-13H2,1H3. The molecule has 0 fully saturated rings. The van der Waals surface area contributed by atoms with E-state index in [1.54, 1.807) is 35.7 Å². The molecule has 0 saturated carbocycles. The average molecular weight is 339 g/mol. The van der Waals surface area contributed by atoms with Crippen LogP contribution in [-0.2, 0) is 13.1 Å².